The number of methoxy groups -OCH3 is 2. The maximum absolute atomic E-state index is 14.4. The molecule has 0 bridgehead atoms. The van der Waals surface area contributed by atoms with Gasteiger partial charge in [-0.05, 0) is 77.9 Å². The molecule has 1 amide bonds. The number of aliphatic carboxylic acids is 1. The van der Waals surface area contributed by atoms with Gasteiger partial charge in [-0.3, -0.25) is 19.4 Å². The lowest BCUT2D eigenvalue weighted by Crippen LogP contribution is -2.45. The van der Waals surface area contributed by atoms with Gasteiger partial charge >= 0.3 is 5.97 Å². The molecule has 0 unspecified atom stereocenters. The van der Waals surface area contributed by atoms with Crippen LogP contribution in [0.3, 0.4) is 0 Å². The Balaban J connectivity index is 0.000000234. The van der Waals surface area contributed by atoms with E-state index < -0.39 is 35.6 Å². The van der Waals surface area contributed by atoms with Gasteiger partial charge in [0, 0.05) is 59.2 Å². The van der Waals surface area contributed by atoms with Crippen molar-refractivity contribution in [2.45, 2.75) is 78.8 Å². The Morgan fingerprint density at radius 3 is 1.45 bits per heavy atom. The highest BCUT2D eigenvalue weighted by atomic mass is 35.5. The highest BCUT2D eigenvalue weighted by Gasteiger charge is 2.26. The molecule has 2 atom stereocenters. The van der Waals surface area contributed by atoms with Crippen LogP contribution in [0, 0.1) is 11.6 Å². The number of carboxylic acids is 1. The van der Waals surface area contributed by atoms with E-state index in [0.29, 0.717) is 58.0 Å². The first-order chi connectivity index (χ1) is 29.4. The predicted octanol–water partition coefficient (Wildman–Crippen LogP) is 9.12. The van der Waals surface area contributed by atoms with Crippen molar-refractivity contribution in [2.24, 2.45) is 5.73 Å². The SMILES string of the molecule is COc1cc2ncnc(Nc3cccc(Cl)c3F)c2cc1CN(C(C)C)[C@@H](C)C(=O)O.COc1cc2ncnc(Nc3cccc(Cl)c3F)c2cc1CN(C(C)C)[C@@H](C)C(N)=O. The molecule has 0 spiro atoms. The molecule has 6 rings (SSSR count). The number of nitrogens with one attached hydrogen (secondary N) is 2. The van der Waals surface area contributed by atoms with E-state index in [1.165, 1.54) is 24.8 Å². The molecule has 0 fully saturated rings. The Labute approximate surface area is 368 Å². The van der Waals surface area contributed by atoms with Crippen molar-refractivity contribution < 1.29 is 33.0 Å². The number of benzene rings is 4. The summed E-state index contributed by atoms with van der Waals surface area (Å²) in [6.45, 7) is 12.0. The van der Waals surface area contributed by atoms with Gasteiger partial charge in [-0.15, -0.1) is 0 Å². The van der Waals surface area contributed by atoms with Gasteiger partial charge in [0.05, 0.1) is 52.7 Å². The van der Waals surface area contributed by atoms with Crippen LogP contribution in [0.2, 0.25) is 10.0 Å². The number of aromatic nitrogens is 4. The van der Waals surface area contributed by atoms with Crippen LogP contribution < -0.4 is 25.8 Å². The largest absolute Gasteiger partial charge is 0.496 e. The number of amides is 1. The Bertz CT molecular complexity index is 2390. The van der Waals surface area contributed by atoms with Crippen LogP contribution in [0.4, 0.5) is 31.8 Å². The number of nitrogens with two attached hydrogens (primary N) is 1. The first-order valence-corrected chi connectivity index (χ1v) is 20.3. The van der Waals surface area contributed by atoms with Crippen molar-refractivity contribution in [3.63, 3.8) is 0 Å². The van der Waals surface area contributed by atoms with Crippen LogP contribution in [0.25, 0.3) is 21.8 Å². The topological polar surface area (TPSA) is 181 Å². The Hall–Kier alpha value is -5.94. The summed E-state index contributed by atoms with van der Waals surface area (Å²) in [4.78, 5) is 44.3. The van der Waals surface area contributed by atoms with Gasteiger partial charge in [-0.1, -0.05) is 35.3 Å². The fourth-order valence-corrected chi connectivity index (χ4v) is 7.12. The zero-order valence-electron chi connectivity index (χ0n) is 35.5. The molecular formula is C44H49Cl2F2N9O5. The van der Waals surface area contributed by atoms with E-state index in [4.69, 9.17) is 38.4 Å². The average Bonchev–Trinajstić information content (AvgIpc) is 3.24. The molecule has 6 aromatic rings. The van der Waals surface area contributed by atoms with Crippen molar-refractivity contribution in [1.82, 2.24) is 29.7 Å². The van der Waals surface area contributed by atoms with E-state index in [1.807, 2.05) is 49.6 Å². The number of ether oxygens (including phenoxy) is 2. The normalized spacial score (nSPS) is 12.4. The molecule has 4 aromatic carbocycles. The highest BCUT2D eigenvalue weighted by molar-refractivity contribution is 6.31. The van der Waals surface area contributed by atoms with Crippen molar-refractivity contribution in [1.29, 1.82) is 0 Å². The number of primary amides is 1. The van der Waals surface area contributed by atoms with Gasteiger partial charge in [0.1, 0.15) is 41.8 Å². The van der Waals surface area contributed by atoms with E-state index in [1.54, 1.807) is 64.5 Å². The predicted molar refractivity (Wildman–Crippen MR) is 239 cm³/mol. The third-order valence-electron chi connectivity index (χ3n) is 10.3. The zero-order valence-corrected chi connectivity index (χ0v) is 37.0. The van der Waals surface area contributed by atoms with E-state index in [2.05, 4.69) is 30.6 Å². The van der Waals surface area contributed by atoms with Gasteiger partial charge < -0.3 is 30.9 Å². The molecule has 0 aliphatic rings. The van der Waals surface area contributed by atoms with Crippen LogP contribution >= 0.6 is 23.2 Å². The minimum absolute atomic E-state index is 0.000883. The number of nitrogens with zero attached hydrogens (tertiary/aromatic N) is 6. The van der Waals surface area contributed by atoms with E-state index in [9.17, 15) is 23.5 Å². The number of anilines is 4. The van der Waals surface area contributed by atoms with Gasteiger partial charge in [-0.2, -0.15) is 0 Å². The minimum Gasteiger partial charge on any atom is -0.496 e. The first-order valence-electron chi connectivity index (χ1n) is 19.5. The third kappa shape index (κ3) is 10.9. The summed E-state index contributed by atoms with van der Waals surface area (Å²) in [5.41, 5.74) is 8.74. The zero-order chi connectivity index (χ0) is 45.4. The van der Waals surface area contributed by atoms with Gasteiger partial charge in [0.25, 0.3) is 0 Å². The van der Waals surface area contributed by atoms with Crippen molar-refractivity contribution >= 4 is 79.9 Å². The Morgan fingerprint density at radius 1 is 0.694 bits per heavy atom. The highest BCUT2D eigenvalue weighted by Crippen LogP contribution is 2.35. The monoisotopic (exact) mass is 891 g/mol. The molecule has 0 saturated carbocycles. The number of carbonyl (C=O) groups excluding carboxylic acids is 1. The van der Waals surface area contributed by atoms with Crippen LogP contribution in [0.15, 0.2) is 73.3 Å². The van der Waals surface area contributed by atoms with Crippen LogP contribution in [0.5, 0.6) is 11.5 Å². The first kappa shape index (κ1) is 47.1. The van der Waals surface area contributed by atoms with Gasteiger partial charge in [0.15, 0.2) is 11.6 Å². The Kier molecular flexibility index (Phi) is 15.8. The Morgan fingerprint density at radius 2 is 1.10 bits per heavy atom. The third-order valence-corrected chi connectivity index (χ3v) is 10.9. The van der Waals surface area contributed by atoms with Crippen LogP contribution in [-0.4, -0.2) is 85.1 Å². The molecule has 5 N–H and O–H groups in total. The molecule has 0 aliphatic carbocycles. The summed E-state index contributed by atoms with van der Waals surface area (Å²) in [5.74, 6) is -0.433. The minimum atomic E-state index is -0.907. The van der Waals surface area contributed by atoms with Gasteiger partial charge in [0.2, 0.25) is 5.91 Å². The molecule has 62 heavy (non-hydrogen) atoms. The lowest BCUT2D eigenvalue weighted by atomic mass is 10.1. The number of halogens is 4. The standard InChI is InChI=1S/C22H25ClFN5O2.C22H24ClFN4O3/c1-12(2)29(13(3)21(25)30)10-14-8-15-18(9-19(14)31-4)26-11-27-22(15)28-17-7-5-6-16(23)20(17)24;1-12(2)28(13(3)22(29)30)10-14-8-15-18(9-19(14)31-4)25-11-26-21(15)27-17-7-5-6-16(23)20(17)24/h5-9,11-13H,10H2,1-4H3,(H2,25,30)(H,26,27,28);5-9,11-13H,10H2,1-4H3,(H,29,30)(H,25,26,27)/t2*13-/m00/s1. The summed E-state index contributed by atoms with van der Waals surface area (Å²) >= 11 is 11.8. The lowest BCUT2D eigenvalue weighted by molar-refractivity contribution is -0.143. The van der Waals surface area contributed by atoms with Crippen molar-refractivity contribution in [3.8, 4) is 11.5 Å². The fraction of sp³-hybridized carbons (Fsp3) is 0.318. The number of carboxylic acid groups (broad SMARTS) is 1. The number of fused-ring (bicyclic) bond motifs is 2. The lowest BCUT2D eigenvalue weighted by Gasteiger charge is -2.31. The molecule has 0 radical (unpaired) electrons. The molecule has 14 nitrogen and oxygen atoms in total. The summed E-state index contributed by atoms with van der Waals surface area (Å²) in [6.07, 6.45) is 2.76. The fourth-order valence-electron chi connectivity index (χ4n) is 6.77. The van der Waals surface area contributed by atoms with E-state index in [-0.39, 0.29) is 33.5 Å². The number of rotatable bonds is 16. The molecular weight excluding hydrogens is 843 g/mol. The number of carbonyl (C=O) groups is 2. The van der Waals surface area contributed by atoms with Crippen LogP contribution in [0.1, 0.15) is 52.7 Å². The van der Waals surface area contributed by atoms with Gasteiger partial charge in [-0.25, -0.2) is 28.7 Å². The second kappa shape index (κ2) is 20.8. The molecule has 2 heterocycles. The van der Waals surface area contributed by atoms with E-state index in [0.717, 1.165) is 11.1 Å². The molecule has 328 valence electrons. The van der Waals surface area contributed by atoms with E-state index >= 15 is 0 Å². The second-order valence-electron chi connectivity index (χ2n) is 14.9. The smallest absolute Gasteiger partial charge is 0.320 e. The van der Waals surface area contributed by atoms with Crippen molar-refractivity contribution in [2.75, 3.05) is 24.9 Å². The quantitative estimate of drug-likeness (QED) is 0.0723. The molecule has 18 heteroatoms. The summed E-state index contributed by atoms with van der Waals surface area (Å²) in [5, 5.41) is 16.8. The molecule has 0 aliphatic heterocycles. The summed E-state index contributed by atoms with van der Waals surface area (Å²) in [6, 6.07) is 15.5. The molecule has 0 saturated heterocycles. The maximum atomic E-state index is 14.4. The maximum Gasteiger partial charge on any atom is 0.320 e. The molecule has 2 aromatic heterocycles. The number of hydrogen-bond acceptors (Lipinski definition) is 12. The number of hydrogen-bond donors (Lipinski definition) is 4. The summed E-state index contributed by atoms with van der Waals surface area (Å²) < 4.78 is 39.9. The summed E-state index contributed by atoms with van der Waals surface area (Å²) in [7, 11) is 3.12. The second-order valence-corrected chi connectivity index (χ2v) is 15.7. The van der Waals surface area contributed by atoms with Crippen LogP contribution in [-0.2, 0) is 22.7 Å². The van der Waals surface area contributed by atoms with Crippen molar-refractivity contribution in [3.05, 3.63) is 106 Å². The average molecular weight is 893 g/mol.